The molecule has 1 fully saturated rings. The van der Waals surface area contributed by atoms with E-state index in [9.17, 15) is 10.4 Å². The minimum atomic E-state index is -0.358. The Kier molecular flexibility index (Phi) is 5.38. The molecule has 2 aromatic carbocycles. The number of nitrogens with zero attached hydrogens (tertiary/aromatic N) is 4. The first-order chi connectivity index (χ1) is 14.1. The molecular formula is C21H20ClN5O2. The minimum Gasteiger partial charge on any atom is -0.495 e. The average molecular weight is 410 g/mol. The molecule has 1 aliphatic heterocycles. The molecule has 0 radical (unpaired) electrons. The van der Waals surface area contributed by atoms with E-state index < -0.39 is 0 Å². The number of rotatable bonds is 5. The molecule has 3 aromatic rings. The van der Waals surface area contributed by atoms with Crippen LogP contribution in [0.15, 0.2) is 36.4 Å². The predicted molar refractivity (Wildman–Crippen MR) is 112 cm³/mol. The molecule has 1 aliphatic rings. The lowest BCUT2D eigenvalue weighted by atomic mass is 10.1. The lowest BCUT2D eigenvalue weighted by molar-refractivity contribution is 0.198. The van der Waals surface area contributed by atoms with E-state index in [0.717, 1.165) is 28.7 Å². The highest BCUT2D eigenvalue weighted by Gasteiger charge is 2.24. The van der Waals surface area contributed by atoms with E-state index in [-0.39, 0.29) is 6.10 Å². The van der Waals surface area contributed by atoms with Crippen LogP contribution in [0.25, 0.3) is 10.8 Å². The second-order valence-electron chi connectivity index (χ2n) is 6.96. The van der Waals surface area contributed by atoms with E-state index >= 15 is 0 Å². The van der Waals surface area contributed by atoms with Gasteiger partial charge in [0.25, 0.3) is 0 Å². The summed E-state index contributed by atoms with van der Waals surface area (Å²) in [6.07, 6.45) is 0.348. The molecule has 2 heterocycles. The molecular weight excluding hydrogens is 390 g/mol. The fraction of sp³-hybridized carbons (Fsp3) is 0.286. The van der Waals surface area contributed by atoms with Crippen molar-refractivity contribution < 1.29 is 9.84 Å². The molecule has 8 heteroatoms. The molecule has 0 amide bonds. The topological polar surface area (TPSA) is 94.3 Å². The quantitative estimate of drug-likeness (QED) is 0.667. The Morgan fingerprint density at radius 1 is 1.28 bits per heavy atom. The molecule has 29 heavy (non-hydrogen) atoms. The summed E-state index contributed by atoms with van der Waals surface area (Å²) >= 11 is 6.21. The first-order valence-electron chi connectivity index (χ1n) is 9.29. The maximum atomic E-state index is 9.87. The van der Waals surface area contributed by atoms with Crippen molar-refractivity contribution in [3.63, 3.8) is 0 Å². The van der Waals surface area contributed by atoms with Gasteiger partial charge in [-0.3, -0.25) is 0 Å². The van der Waals surface area contributed by atoms with Gasteiger partial charge in [0, 0.05) is 30.4 Å². The summed E-state index contributed by atoms with van der Waals surface area (Å²) in [5.41, 5.74) is 1.52. The van der Waals surface area contributed by atoms with Crippen molar-refractivity contribution in [3.8, 4) is 11.8 Å². The number of β-amino-alcohol motifs (C(OH)–C–C–N with tert-alkyl or cyclic N) is 1. The summed E-state index contributed by atoms with van der Waals surface area (Å²) in [4.78, 5) is 2.03. The Hall–Kier alpha value is -3.08. The minimum absolute atomic E-state index is 0.358. The van der Waals surface area contributed by atoms with Gasteiger partial charge in [-0.05, 0) is 42.3 Å². The van der Waals surface area contributed by atoms with E-state index in [2.05, 4.69) is 21.6 Å². The summed E-state index contributed by atoms with van der Waals surface area (Å²) < 4.78 is 5.19. The van der Waals surface area contributed by atoms with E-state index in [1.165, 1.54) is 0 Å². The zero-order chi connectivity index (χ0) is 20.4. The van der Waals surface area contributed by atoms with Gasteiger partial charge in [-0.15, -0.1) is 10.2 Å². The number of aliphatic hydroxyl groups excluding tert-OH is 1. The maximum Gasteiger partial charge on any atom is 0.159 e. The van der Waals surface area contributed by atoms with Gasteiger partial charge < -0.3 is 20.1 Å². The normalized spacial score (nSPS) is 16.1. The van der Waals surface area contributed by atoms with Gasteiger partial charge in [-0.2, -0.15) is 5.26 Å². The van der Waals surface area contributed by atoms with E-state index in [1.807, 2.05) is 35.2 Å². The molecule has 0 bridgehead atoms. The van der Waals surface area contributed by atoms with E-state index in [1.54, 1.807) is 13.2 Å². The molecule has 1 aromatic heterocycles. The number of methoxy groups -OCH3 is 1. The number of aromatic nitrogens is 2. The number of halogens is 1. The number of hydrogen-bond donors (Lipinski definition) is 2. The summed E-state index contributed by atoms with van der Waals surface area (Å²) in [7, 11) is 1.58. The molecule has 1 saturated heterocycles. The van der Waals surface area contributed by atoms with E-state index in [4.69, 9.17) is 16.3 Å². The van der Waals surface area contributed by atoms with Gasteiger partial charge in [-0.1, -0.05) is 17.7 Å². The second kappa shape index (κ2) is 8.11. The second-order valence-corrected chi connectivity index (χ2v) is 7.36. The molecule has 0 saturated carbocycles. The molecule has 1 unspecified atom stereocenters. The zero-order valence-corrected chi connectivity index (χ0v) is 16.6. The van der Waals surface area contributed by atoms with Crippen LogP contribution in [0.1, 0.15) is 17.5 Å². The Morgan fingerprint density at radius 3 is 2.83 bits per heavy atom. The van der Waals surface area contributed by atoms with Crippen LogP contribution in [-0.4, -0.2) is 41.6 Å². The zero-order valence-electron chi connectivity index (χ0n) is 15.9. The van der Waals surface area contributed by atoms with Crippen molar-refractivity contribution in [1.82, 2.24) is 10.2 Å². The Morgan fingerprint density at radius 2 is 2.14 bits per heavy atom. The molecule has 7 nitrogen and oxygen atoms in total. The third-order valence-corrected chi connectivity index (χ3v) is 5.32. The van der Waals surface area contributed by atoms with Crippen molar-refractivity contribution in [1.29, 1.82) is 5.26 Å². The van der Waals surface area contributed by atoms with E-state index in [0.29, 0.717) is 41.7 Å². The fourth-order valence-corrected chi connectivity index (χ4v) is 3.79. The number of nitrogens with one attached hydrogen (secondary N) is 1. The van der Waals surface area contributed by atoms with Crippen LogP contribution in [-0.2, 0) is 6.54 Å². The highest BCUT2D eigenvalue weighted by molar-refractivity contribution is 6.32. The lowest BCUT2D eigenvalue weighted by Crippen LogP contribution is -2.23. The van der Waals surface area contributed by atoms with Crippen molar-refractivity contribution in [2.24, 2.45) is 0 Å². The van der Waals surface area contributed by atoms with Gasteiger partial charge in [0.1, 0.15) is 5.75 Å². The predicted octanol–water partition coefficient (Wildman–Crippen LogP) is 3.35. The average Bonchev–Trinajstić information content (AvgIpc) is 3.17. The Bertz CT molecular complexity index is 1100. The van der Waals surface area contributed by atoms with Gasteiger partial charge in [0.15, 0.2) is 11.6 Å². The molecule has 4 rings (SSSR count). The van der Waals surface area contributed by atoms with Crippen LogP contribution in [0.2, 0.25) is 5.02 Å². The van der Waals surface area contributed by atoms with Gasteiger partial charge >= 0.3 is 0 Å². The maximum absolute atomic E-state index is 9.87. The first kappa shape index (κ1) is 19.2. The molecule has 2 N–H and O–H groups in total. The Balaban J connectivity index is 1.67. The number of hydrogen-bond acceptors (Lipinski definition) is 7. The van der Waals surface area contributed by atoms with Crippen LogP contribution in [0, 0.1) is 11.3 Å². The smallest absolute Gasteiger partial charge is 0.159 e. The Labute approximate surface area is 173 Å². The number of aliphatic hydroxyl groups is 1. The lowest BCUT2D eigenvalue weighted by Gasteiger charge is -2.19. The van der Waals surface area contributed by atoms with Gasteiger partial charge in [-0.25, -0.2) is 0 Å². The number of anilines is 2. The van der Waals surface area contributed by atoms with Crippen LogP contribution in [0.5, 0.6) is 5.75 Å². The largest absolute Gasteiger partial charge is 0.495 e. The number of ether oxygens (including phenoxy) is 1. The molecule has 148 valence electrons. The highest BCUT2D eigenvalue weighted by Crippen LogP contribution is 2.32. The standard InChI is InChI=1S/C21H20ClN5O2/c1-29-19-5-3-14(9-18(19)22)11-24-20-17-8-13(10-23)2-4-16(17)21(26-25-20)27-7-6-15(28)12-27/h2-5,8-9,15,28H,6-7,11-12H2,1H3,(H,24,25). The van der Waals surface area contributed by atoms with Crippen LogP contribution in [0.3, 0.4) is 0 Å². The number of benzene rings is 2. The van der Waals surface area contributed by atoms with Crippen LogP contribution in [0.4, 0.5) is 11.6 Å². The summed E-state index contributed by atoms with van der Waals surface area (Å²) in [6.45, 7) is 1.75. The van der Waals surface area contributed by atoms with Crippen molar-refractivity contribution in [2.75, 3.05) is 30.4 Å². The summed E-state index contributed by atoms with van der Waals surface area (Å²) in [5, 5.41) is 33.5. The van der Waals surface area contributed by atoms with Gasteiger partial charge in [0.2, 0.25) is 0 Å². The molecule has 1 atom stereocenters. The third kappa shape index (κ3) is 3.90. The summed E-state index contributed by atoms with van der Waals surface area (Å²) in [6, 6.07) is 13.2. The van der Waals surface area contributed by atoms with Crippen molar-refractivity contribution in [3.05, 3.63) is 52.5 Å². The fourth-order valence-electron chi connectivity index (χ4n) is 3.51. The third-order valence-electron chi connectivity index (χ3n) is 5.03. The number of fused-ring (bicyclic) bond motifs is 1. The molecule has 0 aliphatic carbocycles. The monoisotopic (exact) mass is 409 g/mol. The highest BCUT2D eigenvalue weighted by atomic mass is 35.5. The number of nitriles is 1. The van der Waals surface area contributed by atoms with Crippen molar-refractivity contribution >= 4 is 34.0 Å². The molecule has 0 spiro atoms. The van der Waals surface area contributed by atoms with Gasteiger partial charge in [0.05, 0.1) is 29.9 Å². The summed E-state index contributed by atoms with van der Waals surface area (Å²) in [5.74, 6) is 1.93. The van der Waals surface area contributed by atoms with Crippen LogP contribution >= 0.6 is 11.6 Å². The first-order valence-corrected chi connectivity index (χ1v) is 9.66. The SMILES string of the molecule is COc1ccc(CNc2nnc(N3CCC(O)C3)c3ccc(C#N)cc23)cc1Cl. The van der Waals surface area contributed by atoms with Crippen molar-refractivity contribution in [2.45, 2.75) is 19.1 Å². The van der Waals surface area contributed by atoms with Crippen LogP contribution < -0.4 is 15.0 Å².